The predicted molar refractivity (Wildman–Crippen MR) is 68.6 cm³/mol. The van der Waals surface area contributed by atoms with E-state index in [0.29, 0.717) is 12.8 Å². The normalized spacial score (nSPS) is 21.9. The van der Waals surface area contributed by atoms with Crippen molar-refractivity contribution in [2.75, 3.05) is 12.3 Å². The molecule has 1 unspecified atom stereocenters. The quantitative estimate of drug-likeness (QED) is 0.453. The Morgan fingerprint density at radius 2 is 2.00 bits per heavy atom. The number of carboxylic acid groups (broad SMARTS) is 1. The molecule has 0 bridgehead atoms. The van der Waals surface area contributed by atoms with Crippen LogP contribution in [-0.4, -0.2) is 55.0 Å². The summed E-state index contributed by atoms with van der Waals surface area (Å²) in [5.74, 6) is -2.16. The number of carboxylic acids is 1. The fourth-order valence-corrected chi connectivity index (χ4v) is 3.67. The second-order valence-corrected chi connectivity index (χ2v) is 6.95. The first-order valence-corrected chi connectivity index (χ1v) is 7.71. The molecule has 1 aliphatic rings. The summed E-state index contributed by atoms with van der Waals surface area (Å²) in [7, 11) is -3.18. The van der Waals surface area contributed by atoms with Gasteiger partial charge in [-0.2, -0.15) is 0 Å². The van der Waals surface area contributed by atoms with E-state index in [1.54, 1.807) is 0 Å². The molecule has 20 heavy (non-hydrogen) atoms. The zero-order valence-electron chi connectivity index (χ0n) is 10.7. The molecule has 0 radical (unpaired) electrons. The third-order valence-electron chi connectivity index (χ3n) is 2.96. The van der Waals surface area contributed by atoms with E-state index in [0.717, 1.165) is 0 Å². The van der Waals surface area contributed by atoms with E-state index in [1.165, 1.54) is 0 Å². The molecule has 0 spiro atoms. The Balaban J connectivity index is 2.46. The van der Waals surface area contributed by atoms with Crippen LogP contribution < -0.4 is 16.4 Å². The highest BCUT2D eigenvalue weighted by atomic mass is 32.2. The number of primary amides is 1. The number of rotatable bonds is 6. The van der Waals surface area contributed by atoms with Crippen molar-refractivity contribution in [1.82, 2.24) is 10.6 Å². The lowest BCUT2D eigenvalue weighted by Gasteiger charge is -2.15. The molecule has 1 fully saturated rings. The maximum Gasteiger partial charge on any atom is 0.326 e. The molecule has 2 atom stereocenters. The first kappa shape index (κ1) is 16.2. The lowest BCUT2D eigenvalue weighted by atomic mass is 10.2. The van der Waals surface area contributed by atoms with E-state index in [2.05, 4.69) is 10.6 Å². The van der Waals surface area contributed by atoms with Gasteiger partial charge in [0.1, 0.15) is 6.04 Å². The van der Waals surface area contributed by atoms with Gasteiger partial charge in [0.2, 0.25) is 5.91 Å². The van der Waals surface area contributed by atoms with Gasteiger partial charge in [0, 0.05) is 6.54 Å². The van der Waals surface area contributed by atoms with Gasteiger partial charge in [-0.05, 0) is 12.8 Å². The van der Waals surface area contributed by atoms with Gasteiger partial charge in [-0.15, -0.1) is 0 Å². The van der Waals surface area contributed by atoms with E-state index in [-0.39, 0.29) is 12.3 Å². The molecule has 1 saturated heterocycles. The lowest BCUT2D eigenvalue weighted by Crippen LogP contribution is -2.49. The summed E-state index contributed by atoms with van der Waals surface area (Å²) in [6.45, 7) is -0.0862. The van der Waals surface area contributed by atoms with Crippen molar-refractivity contribution in [2.24, 2.45) is 5.73 Å². The summed E-state index contributed by atoms with van der Waals surface area (Å²) in [5, 5.41) is 12.5. The molecule has 0 saturated carbocycles. The fraction of sp³-hybridized carbons (Fsp3) is 0.700. The summed E-state index contributed by atoms with van der Waals surface area (Å²) >= 11 is 0. The van der Waals surface area contributed by atoms with Crippen LogP contribution in [0.1, 0.15) is 19.3 Å². The number of amides is 3. The topological polar surface area (TPSA) is 156 Å². The van der Waals surface area contributed by atoms with E-state index >= 15 is 0 Å². The van der Waals surface area contributed by atoms with E-state index in [4.69, 9.17) is 10.8 Å². The molecule has 0 aromatic heterocycles. The smallest absolute Gasteiger partial charge is 0.326 e. The minimum atomic E-state index is -3.18. The first-order valence-electron chi connectivity index (χ1n) is 5.99. The second-order valence-electron chi connectivity index (χ2n) is 4.55. The number of hydrogen-bond donors (Lipinski definition) is 4. The number of aliphatic carboxylic acids is 1. The number of nitrogens with two attached hydrogens (primary N) is 1. The summed E-state index contributed by atoms with van der Waals surface area (Å²) in [5.41, 5.74) is 4.86. The highest BCUT2D eigenvalue weighted by Gasteiger charge is 2.31. The van der Waals surface area contributed by atoms with Crippen LogP contribution >= 0.6 is 0 Å². The van der Waals surface area contributed by atoms with Gasteiger partial charge in [-0.1, -0.05) is 0 Å². The van der Waals surface area contributed by atoms with Gasteiger partial charge >= 0.3 is 12.0 Å². The first-order chi connectivity index (χ1) is 9.22. The number of carbonyl (C=O) groups is 3. The molecular weight excluding hydrogens is 290 g/mol. The van der Waals surface area contributed by atoms with Crippen LogP contribution in [0, 0.1) is 0 Å². The average Bonchev–Trinajstić information content (AvgIpc) is 2.64. The molecule has 0 aromatic carbocycles. The Labute approximate surface area is 115 Å². The number of sulfone groups is 1. The SMILES string of the molecule is NC(=O)C[C@H](NC(=O)NCC1CCCS1(=O)=O)C(=O)O. The Bertz CT molecular complexity index is 503. The molecule has 3 amide bonds. The molecule has 1 rings (SSSR count). The largest absolute Gasteiger partial charge is 0.480 e. The van der Waals surface area contributed by atoms with Crippen molar-refractivity contribution in [2.45, 2.75) is 30.6 Å². The molecule has 114 valence electrons. The number of nitrogens with one attached hydrogen (secondary N) is 2. The summed E-state index contributed by atoms with van der Waals surface area (Å²) < 4.78 is 23.0. The van der Waals surface area contributed by atoms with E-state index in [1.807, 2.05) is 0 Å². The van der Waals surface area contributed by atoms with Gasteiger partial charge in [0.05, 0.1) is 17.4 Å². The third kappa shape index (κ3) is 4.68. The number of carbonyl (C=O) groups excluding carboxylic acids is 2. The summed E-state index contributed by atoms with van der Waals surface area (Å²) in [6, 6.07) is -2.28. The minimum Gasteiger partial charge on any atom is -0.480 e. The zero-order valence-corrected chi connectivity index (χ0v) is 11.5. The van der Waals surface area contributed by atoms with Crippen molar-refractivity contribution in [3.63, 3.8) is 0 Å². The van der Waals surface area contributed by atoms with E-state index < -0.39 is 45.5 Å². The second kappa shape index (κ2) is 6.55. The van der Waals surface area contributed by atoms with Crippen LogP contribution in [0.5, 0.6) is 0 Å². The maximum atomic E-state index is 11.5. The molecular formula is C10H17N3O6S. The van der Waals surface area contributed by atoms with Crippen LogP contribution in [0.4, 0.5) is 4.79 Å². The van der Waals surface area contributed by atoms with Gasteiger partial charge in [-0.25, -0.2) is 18.0 Å². The monoisotopic (exact) mass is 307 g/mol. The van der Waals surface area contributed by atoms with Crippen LogP contribution in [0.15, 0.2) is 0 Å². The summed E-state index contributed by atoms with van der Waals surface area (Å²) in [6.07, 6.45) is 0.479. The third-order valence-corrected chi connectivity index (χ3v) is 5.24. The van der Waals surface area contributed by atoms with Crippen LogP contribution in [0.25, 0.3) is 0 Å². The molecule has 0 aromatic rings. The molecule has 1 aliphatic heterocycles. The van der Waals surface area contributed by atoms with Crippen LogP contribution in [-0.2, 0) is 19.4 Å². The highest BCUT2D eigenvalue weighted by molar-refractivity contribution is 7.92. The number of hydrogen-bond acceptors (Lipinski definition) is 5. The Morgan fingerprint density at radius 1 is 1.35 bits per heavy atom. The molecule has 1 heterocycles. The van der Waals surface area contributed by atoms with Crippen molar-refractivity contribution in [1.29, 1.82) is 0 Å². The van der Waals surface area contributed by atoms with Gasteiger partial charge in [0.15, 0.2) is 9.84 Å². The standard InChI is InChI=1S/C10H17N3O6S/c11-8(14)4-7(9(15)16)13-10(17)12-5-6-2-1-3-20(6,18)19/h6-7H,1-5H2,(H2,11,14)(H,15,16)(H2,12,13,17)/t6?,7-/m0/s1. The van der Waals surface area contributed by atoms with Gasteiger partial charge in [-0.3, -0.25) is 4.79 Å². The summed E-state index contributed by atoms with van der Waals surface area (Å²) in [4.78, 5) is 32.9. The van der Waals surface area contributed by atoms with E-state index in [9.17, 15) is 22.8 Å². The minimum absolute atomic E-state index is 0.0862. The fourth-order valence-electron chi connectivity index (χ4n) is 1.90. The predicted octanol–water partition coefficient (Wildman–Crippen LogP) is -1.81. The van der Waals surface area contributed by atoms with Gasteiger partial charge < -0.3 is 21.5 Å². The maximum absolute atomic E-state index is 11.5. The Hall–Kier alpha value is -1.84. The molecule has 5 N–H and O–H groups in total. The average molecular weight is 307 g/mol. The Kier molecular flexibility index (Phi) is 5.31. The van der Waals surface area contributed by atoms with Gasteiger partial charge in [0.25, 0.3) is 0 Å². The zero-order chi connectivity index (χ0) is 15.3. The van der Waals surface area contributed by atoms with Crippen molar-refractivity contribution in [3.8, 4) is 0 Å². The van der Waals surface area contributed by atoms with Crippen LogP contribution in [0.3, 0.4) is 0 Å². The lowest BCUT2D eigenvalue weighted by molar-refractivity contribution is -0.140. The van der Waals surface area contributed by atoms with Crippen LogP contribution in [0.2, 0.25) is 0 Å². The number of urea groups is 1. The Morgan fingerprint density at radius 3 is 2.45 bits per heavy atom. The van der Waals surface area contributed by atoms with Crippen molar-refractivity contribution in [3.05, 3.63) is 0 Å². The van der Waals surface area contributed by atoms with Crippen molar-refractivity contribution >= 4 is 27.7 Å². The highest BCUT2D eigenvalue weighted by Crippen LogP contribution is 2.18. The van der Waals surface area contributed by atoms with Crippen molar-refractivity contribution < 1.29 is 27.9 Å². The molecule has 0 aliphatic carbocycles. The molecule has 9 nitrogen and oxygen atoms in total. The molecule has 10 heteroatoms.